The van der Waals surface area contributed by atoms with Crippen molar-refractivity contribution in [2.24, 2.45) is 4.99 Å². The molecule has 0 aliphatic carbocycles. The summed E-state index contributed by atoms with van der Waals surface area (Å²) in [4.78, 5) is 32.0. The van der Waals surface area contributed by atoms with Gasteiger partial charge >= 0.3 is 0 Å². The zero-order valence-electron chi connectivity index (χ0n) is 16.6. The number of aliphatic imine (C=N–C) groups is 1. The van der Waals surface area contributed by atoms with Gasteiger partial charge in [-0.15, -0.1) is 11.3 Å². The standard InChI is InChI=1S/C21H25N3O3S2/c1-3-27-17-9-5-4-8-16(17)23-21-24(15(2)14-29-21)19(25)11-6-12-22-20(26)18-10-7-13-28-18/h4-5,7-10,13,15H,3,6,11-12,14H2,1-2H3,(H,22,26). The van der Waals surface area contributed by atoms with Crippen molar-refractivity contribution >= 4 is 45.8 Å². The molecule has 2 aromatic rings. The SMILES string of the molecule is CCOc1ccccc1N=C1SCC(C)N1C(=O)CCCNC(=O)c1cccs1. The molecule has 0 spiro atoms. The van der Waals surface area contributed by atoms with E-state index in [9.17, 15) is 9.59 Å². The van der Waals surface area contributed by atoms with E-state index >= 15 is 0 Å². The number of ether oxygens (including phenoxy) is 1. The minimum absolute atomic E-state index is 0.0283. The summed E-state index contributed by atoms with van der Waals surface area (Å²) in [5, 5.41) is 5.44. The molecule has 1 atom stereocenters. The van der Waals surface area contributed by atoms with E-state index in [-0.39, 0.29) is 17.9 Å². The molecule has 2 amide bonds. The van der Waals surface area contributed by atoms with Crippen LogP contribution in [0, 0.1) is 0 Å². The van der Waals surface area contributed by atoms with E-state index in [1.54, 1.807) is 22.7 Å². The molecule has 6 nitrogen and oxygen atoms in total. The third-order valence-electron chi connectivity index (χ3n) is 4.35. The number of hydrogen-bond acceptors (Lipinski definition) is 6. The van der Waals surface area contributed by atoms with Crippen LogP contribution in [0.2, 0.25) is 0 Å². The first-order valence-corrected chi connectivity index (χ1v) is 11.5. The van der Waals surface area contributed by atoms with E-state index in [1.165, 1.54) is 11.3 Å². The van der Waals surface area contributed by atoms with Crippen molar-refractivity contribution in [1.82, 2.24) is 10.2 Å². The largest absolute Gasteiger partial charge is 0.492 e. The molecule has 1 fully saturated rings. The van der Waals surface area contributed by atoms with Crippen LogP contribution in [0.5, 0.6) is 5.75 Å². The summed E-state index contributed by atoms with van der Waals surface area (Å²) < 4.78 is 5.64. The number of carbonyl (C=O) groups is 2. The number of hydrogen-bond donors (Lipinski definition) is 1. The Balaban J connectivity index is 1.59. The predicted molar refractivity (Wildman–Crippen MR) is 119 cm³/mol. The van der Waals surface area contributed by atoms with Crippen molar-refractivity contribution in [3.63, 3.8) is 0 Å². The lowest BCUT2D eigenvalue weighted by molar-refractivity contribution is -0.128. The molecule has 1 saturated heterocycles. The van der Waals surface area contributed by atoms with Crippen LogP contribution < -0.4 is 10.1 Å². The van der Waals surface area contributed by atoms with Gasteiger partial charge in [0.05, 0.1) is 11.5 Å². The molecule has 8 heteroatoms. The van der Waals surface area contributed by atoms with Crippen molar-refractivity contribution in [2.75, 3.05) is 18.9 Å². The van der Waals surface area contributed by atoms with Crippen molar-refractivity contribution < 1.29 is 14.3 Å². The van der Waals surface area contributed by atoms with Gasteiger partial charge in [-0.2, -0.15) is 0 Å². The third-order valence-corrected chi connectivity index (χ3v) is 6.41. The minimum Gasteiger partial charge on any atom is -0.492 e. The Morgan fingerprint density at radius 3 is 2.86 bits per heavy atom. The van der Waals surface area contributed by atoms with Crippen LogP contribution in [-0.4, -0.2) is 46.8 Å². The van der Waals surface area contributed by atoms with Gasteiger partial charge in [-0.05, 0) is 43.8 Å². The number of thioether (sulfide) groups is 1. The highest BCUT2D eigenvalue weighted by Crippen LogP contribution is 2.32. The number of rotatable bonds is 8. The molecule has 1 aromatic heterocycles. The number of para-hydroxylation sites is 2. The quantitative estimate of drug-likeness (QED) is 0.633. The summed E-state index contributed by atoms with van der Waals surface area (Å²) in [5.74, 6) is 1.47. The van der Waals surface area contributed by atoms with Gasteiger partial charge < -0.3 is 10.1 Å². The Hall–Kier alpha value is -2.32. The number of nitrogens with zero attached hydrogens (tertiary/aromatic N) is 2. The minimum atomic E-state index is -0.0904. The van der Waals surface area contributed by atoms with Gasteiger partial charge in [0.2, 0.25) is 5.91 Å². The summed E-state index contributed by atoms with van der Waals surface area (Å²) in [6.45, 7) is 4.99. The van der Waals surface area contributed by atoms with E-state index in [2.05, 4.69) is 5.32 Å². The lowest BCUT2D eigenvalue weighted by Crippen LogP contribution is -2.38. The number of thiophene rings is 1. The molecule has 1 aliphatic heterocycles. The first-order chi connectivity index (χ1) is 14.1. The van der Waals surface area contributed by atoms with E-state index in [0.29, 0.717) is 41.8 Å². The first kappa shape index (κ1) is 21.4. The van der Waals surface area contributed by atoms with Crippen molar-refractivity contribution in [2.45, 2.75) is 32.7 Å². The fraction of sp³-hybridized carbons (Fsp3) is 0.381. The van der Waals surface area contributed by atoms with Gasteiger partial charge in [0.25, 0.3) is 5.91 Å². The molecule has 1 N–H and O–H groups in total. The second-order valence-corrected chi connectivity index (χ2v) is 8.49. The maximum Gasteiger partial charge on any atom is 0.261 e. The summed E-state index contributed by atoms with van der Waals surface area (Å²) >= 11 is 2.99. The maximum atomic E-state index is 12.8. The average Bonchev–Trinajstić information content (AvgIpc) is 3.37. The van der Waals surface area contributed by atoms with Crippen molar-refractivity contribution in [3.05, 3.63) is 46.7 Å². The molecule has 1 aromatic carbocycles. The molecule has 0 radical (unpaired) electrons. The Kier molecular flexibility index (Phi) is 7.71. The van der Waals surface area contributed by atoms with E-state index < -0.39 is 0 Å². The number of amidine groups is 1. The van der Waals surface area contributed by atoms with Gasteiger partial charge in [0.1, 0.15) is 11.4 Å². The van der Waals surface area contributed by atoms with E-state index in [1.807, 2.05) is 49.6 Å². The Labute approximate surface area is 179 Å². The maximum absolute atomic E-state index is 12.8. The summed E-state index contributed by atoms with van der Waals surface area (Å²) in [6.07, 6.45) is 0.953. The fourth-order valence-electron chi connectivity index (χ4n) is 2.95. The molecule has 0 saturated carbocycles. The Morgan fingerprint density at radius 2 is 2.10 bits per heavy atom. The topological polar surface area (TPSA) is 71.0 Å². The number of amides is 2. The highest BCUT2D eigenvalue weighted by atomic mass is 32.2. The molecular weight excluding hydrogens is 406 g/mol. The zero-order valence-corrected chi connectivity index (χ0v) is 18.2. The number of carbonyl (C=O) groups excluding carboxylic acids is 2. The summed E-state index contributed by atoms with van der Waals surface area (Å²) in [5.41, 5.74) is 0.729. The smallest absolute Gasteiger partial charge is 0.261 e. The summed E-state index contributed by atoms with van der Waals surface area (Å²) in [6, 6.07) is 11.3. The van der Waals surface area contributed by atoms with Crippen LogP contribution in [0.25, 0.3) is 0 Å². The van der Waals surface area contributed by atoms with E-state index in [4.69, 9.17) is 9.73 Å². The number of nitrogens with one attached hydrogen (secondary N) is 1. The van der Waals surface area contributed by atoms with Gasteiger partial charge in [-0.1, -0.05) is 30.0 Å². The first-order valence-electron chi connectivity index (χ1n) is 9.67. The normalized spacial score (nSPS) is 17.5. The van der Waals surface area contributed by atoms with Crippen LogP contribution in [0.3, 0.4) is 0 Å². The Morgan fingerprint density at radius 1 is 1.28 bits per heavy atom. The predicted octanol–water partition coefficient (Wildman–Crippen LogP) is 4.31. The second kappa shape index (κ2) is 10.5. The lowest BCUT2D eigenvalue weighted by Gasteiger charge is -2.21. The van der Waals surface area contributed by atoms with Gasteiger partial charge in [-0.3, -0.25) is 14.5 Å². The van der Waals surface area contributed by atoms with Gasteiger partial charge in [0, 0.05) is 24.8 Å². The lowest BCUT2D eigenvalue weighted by atomic mass is 10.2. The average molecular weight is 432 g/mol. The third kappa shape index (κ3) is 5.61. The van der Waals surface area contributed by atoms with Crippen molar-refractivity contribution in [1.29, 1.82) is 0 Å². The van der Waals surface area contributed by atoms with Crippen LogP contribution in [0.1, 0.15) is 36.4 Å². The van der Waals surface area contributed by atoms with Crippen molar-refractivity contribution in [3.8, 4) is 5.75 Å². The highest BCUT2D eigenvalue weighted by molar-refractivity contribution is 8.14. The van der Waals surface area contributed by atoms with Crippen LogP contribution in [0.4, 0.5) is 5.69 Å². The molecule has 154 valence electrons. The van der Waals surface area contributed by atoms with Gasteiger partial charge in [0.15, 0.2) is 5.17 Å². The monoisotopic (exact) mass is 431 g/mol. The Bertz CT molecular complexity index is 868. The molecule has 0 bridgehead atoms. The van der Waals surface area contributed by atoms with E-state index in [0.717, 1.165) is 11.4 Å². The second-order valence-electron chi connectivity index (χ2n) is 6.56. The number of benzene rings is 1. The molecule has 1 unspecified atom stereocenters. The molecule has 1 aliphatic rings. The zero-order chi connectivity index (χ0) is 20.6. The molecule has 29 heavy (non-hydrogen) atoms. The molecule has 3 rings (SSSR count). The molecular formula is C21H25N3O3S2. The van der Waals surface area contributed by atoms with Gasteiger partial charge in [-0.25, -0.2) is 4.99 Å². The van der Waals surface area contributed by atoms with Crippen LogP contribution in [0.15, 0.2) is 46.8 Å². The van der Waals surface area contributed by atoms with Crippen LogP contribution >= 0.6 is 23.1 Å². The molecule has 2 heterocycles. The van der Waals surface area contributed by atoms with Crippen LogP contribution in [-0.2, 0) is 4.79 Å². The summed E-state index contributed by atoms with van der Waals surface area (Å²) in [7, 11) is 0. The highest BCUT2D eigenvalue weighted by Gasteiger charge is 2.32. The fourth-order valence-corrected chi connectivity index (χ4v) is 4.72.